The molecule has 4 heteroatoms. The molecule has 0 unspecified atom stereocenters. The molecule has 3 nitrogen and oxygen atoms in total. The van der Waals surface area contributed by atoms with Gasteiger partial charge in [-0.05, 0) is 50.5 Å². The van der Waals surface area contributed by atoms with Crippen molar-refractivity contribution in [1.29, 1.82) is 0 Å². The minimum absolute atomic E-state index is 0.246. The fourth-order valence-corrected chi connectivity index (χ4v) is 2.15. The first-order valence-corrected chi connectivity index (χ1v) is 6.12. The van der Waals surface area contributed by atoms with Crippen LogP contribution in [0, 0.1) is 11.2 Å². The Morgan fingerprint density at radius 1 is 1.47 bits per heavy atom. The first-order chi connectivity index (χ1) is 8.09. The average Bonchev–Trinajstić information content (AvgIpc) is 2.33. The molecule has 0 saturated carbocycles. The van der Waals surface area contributed by atoms with Crippen molar-refractivity contribution < 1.29 is 4.39 Å². The maximum Gasteiger partial charge on any atom is 0.165 e. The van der Waals surface area contributed by atoms with Gasteiger partial charge in [0.25, 0.3) is 0 Å². The van der Waals surface area contributed by atoms with Crippen LogP contribution in [0.4, 0.5) is 10.2 Å². The highest BCUT2D eigenvalue weighted by molar-refractivity contribution is 5.35. The van der Waals surface area contributed by atoms with E-state index in [4.69, 9.17) is 0 Å². The van der Waals surface area contributed by atoms with Gasteiger partial charge in [0.1, 0.15) is 0 Å². The number of nitrogens with zero attached hydrogens (tertiary/aromatic N) is 2. The highest BCUT2D eigenvalue weighted by Gasteiger charge is 2.28. The lowest BCUT2D eigenvalue weighted by molar-refractivity contribution is 0.150. The van der Waals surface area contributed by atoms with Crippen LogP contribution in [-0.4, -0.2) is 36.6 Å². The third-order valence-corrected chi connectivity index (χ3v) is 3.64. The Hall–Kier alpha value is -1.16. The molecule has 0 aromatic carbocycles. The Morgan fingerprint density at radius 2 is 2.18 bits per heavy atom. The normalized spacial score (nSPS) is 20.2. The maximum atomic E-state index is 13.4. The Morgan fingerprint density at radius 3 is 2.82 bits per heavy atom. The average molecular weight is 237 g/mol. The van der Waals surface area contributed by atoms with Crippen molar-refractivity contribution in [2.24, 2.45) is 5.41 Å². The van der Waals surface area contributed by atoms with Crippen LogP contribution in [0.3, 0.4) is 0 Å². The molecule has 1 aromatic rings. The molecule has 17 heavy (non-hydrogen) atoms. The van der Waals surface area contributed by atoms with Gasteiger partial charge in [-0.2, -0.15) is 0 Å². The van der Waals surface area contributed by atoms with Crippen LogP contribution in [0.25, 0.3) is 0 Å². The molecule has 94 valence electrons. The number of hydrogen-bond donors (Lipinski definition) is 1. The number of aromatic nitrogens is 1. The largest absolute Gasteiger partial charge is 0.367 e. The highest BCUT2D eigenvalue weighted by atomic mass is 19.1. The number of likely N-dealkylation sites (tertiary alicyclic amines) is 1. The van der Waals surface area contributed by atoms with Gasteiger partial charge in [0.2, 0.25) is 0 Å². The van der Waals surface area contributed by atoms with Crippen molar-refractivity contribution in [3.05, 3.63) is 24.1 Å². The van der Waals surface area contributed by atoms with E-state index in [-0.39, 0.29) is 11.2 Å². The van der Waals surface area contributed by atoms with Gasteiger partial charge in [-0.15, -0.1) is 0 Å². The number of nitrogens with one attached hydrogen (secondary N) is 1. The quantitative estimate of drug-likeness (QED) is 0.874. The molecular formula is C13H20FN3. The van der Waals surface area contributed by atoms with Gasteiger partial charge in [0.15, 0.2) is 11.6 Å². The zero-order valence-electron chi connectivity index (χ0n) is 10.5. The second-order valence-electron chi connectivity index (χ2n) is 5.30. The summed E-state index contributed by atoms with van der Waals surface area (Å²) in [7, 11) is 2.14. The minimum atomic E-state index is -0.274. The first kappa shape index (κ1) is 12.3. The standard InChI is InChI=1S/C13H20FN3/c1-13(5-8-17(2)9-6-13)10-16-12-11(14)4-3-7-15-12/h3-4,7H,5-6,8-10H2,1-2H3,(H,15,16). The van der Waals surface area contributed by atoms with Crippen LogP contribution in [0.2, 0.25) is 0 Å². The van der Waals surface area contributed by atoms with Crippen molar-refractivity contribution in [1.82, 2.24) is 9.88 Å². The van der Waals surface area contributed by atoms with Crippen molar-refractivity contribution in [2.45, 2.75) is 19.8 Å². The number of hydrogen-bond acceptors (Lipinski definition) is 3. The molecule has 0 radical (unpaired) electrons. The van der Waals surface area contributed by atoms with E-state index < -0.39 is 0 Å². The van der Waals surface area contributed by atoms with Crippen molar-refractivity contribution in [3.8, 4) is 0 Å². The minimum Gasteiger partial charge on any atom is -0.367 e. The van der Waals surface area contributed by atoms with Crippen molar-refractivity contribution in [3.63, 3.8) is 0 Å². The van der Waals surface area contributed by atoms with Gasteiger partial charge in [-0.1, -0.05) is 6.92 Å². The van der Waals surface area contributed by atoms with Gasteiger partial charge in [-0.25, -0.2) is 9.37 Å². The summed E-state index contributed by atoms with van der Waals surface area (Å²) in [6.45, 7) is 5.27. The van der Waals surface area contributed by atoms with Gasteiger partial charge in [0, 0.05) is 12.7 Å². The number of piperidine rings is 1. The predicted octanol–water partition coefficient (Wildman–Crippen LogP) is 2.36. The molecule has 2 rings (SSSR count). The molecule has 1 fully saturated rings. The van der Waals surface area contributed by atoms with Gasteiger partial charge in [-0.3, -0.25) is 0 Å². The van der Waals surface area contributed by atoms with E-state index in [0.29, 0.717) is 5.82 Å². The van der Waals surface area contributed by atoms with Crippen LogP contribution in [-0.2, 0) is 0 Å². The molecule has 0 aliphatic carbocycles. The topological polar surface area (TPSA) is 28.2 Å². The van der Waals surface area contributed by atoms with Crippen LogP contribution < -0.4 is 5.32 Å². The lowest BCUT2D eigenvalue weighted by atomic mass is 9.80. The molecule has 0 bridgehead atoms. The Labute approximate surface area is 102 Å². The summed E-state index contributed by atoms with van der Waals surface area (Å²) in [4.78, 5) is 6.35. The smallest absolute Gasteiger partial charge is 0.165 e. The van der Waals surface area contributed by atoms with Crippen LogP contribution >= 0.6 is 0 Å². The molecule has 0 spiro atoms. The Bertz CT molecular complexity index is 373. The zero-order valence-corrected chi connectivity index (χ0v) is 10.5. The maximum absolute atomic E-state index is 13.4. The Kier molecular flexibility index (Phi) is 3.62. The number of pyridine rings is 1. The predicted molar refractivity (Wildman–Crippen MR) is 67.5 cm³/mol. The fraction of sp³-hybridized carbons (Fsp3) is 0.615. The Balaban J connectivity index is 1.92. The molecule has 1 aliphatic heterocycles. The van der Waals surface area contributed by atoms with Gasteiger partial charge >= 0.3 is 0 Å². The molecule has 1 aromatic heterocycles. The molecule has 2 heterocycles. The number of halogens is 1. The zero-order chi connectivity index (χ0) is 12.3. The molecule has 0 amide bonds. The summed E-state index contributed by atoms with van der Waals surface area (Å²) < 4.78 is 13.4. The van der Waals surface area contributed by atoms with E-state index in [9.17, 15) is 4.39 Å². The summed E-state index contributed by atoms with van der Waals surface area (Å²) in [5.74, 6) is 0.0941. The SMILES string of the molecule is CN1CCC(C)(CNc2ncccc2F)CC1. The lowest BCUT2D eigenvalue weighted by Crippen LogP contribution is -2.40. The highest BCUT2D eigenvalue weighted by Crippen LogP contribution is 2.30. The van der Waals surface area contributed by atoms with Crippen LogP contribution in [0.1, 0.15) is 19.8 Å². The van der Waals surface area contributed by atoms with Gasteiger partial charge in [0.05, 0.1) is 0 Å². The van der Waals surface area contributed by atoms with Crippen molar-refractivity contribution in [2.75, 3.05) is 32.0 Å². The second kappa shape index (κ2) is 5.00. The van der Waals surface area contributed by atoms with E-state index in [2.05, 4.69) is 29.2 Å². The fourth-order valence-electron chi connectivity index (χ4n) is 2.15. The summed E-state index contributed by atoms with van der Waals surface area (Å²) in [6, 6.07) is 3.05. The van der Waals surface area contributed by atoms with E-state index in [0.717, 1.165) is 32.5 Å². The third kappa shape index (κ3) is 3.16. The van der Waals surface area contributed by atoms with E-state index in [1.54, 1.807) is 12.3 Å². The van der Waals surface area contributed by atoms with Gasteiger partial charge < -0.3 is 10.2 Å². The molecular weight excluding hydrogens is 217 g/mol. The summed E-state index contributed by atoms with van der Waals surface area (Å²) in [6.07, 6.45) is 3.90. The molecule has 0 atom stereocenters. The van der Waals surface area contributed by atoms with E-state index in [1.807, 2.05) is 0 Å². The van der Waals surface area contributed by atoms with E-state index >= 15 is 0 Å². The molecule has 1 N–H and O–H groups in total. The summed E-state index contributed by atoms with van der Waals surface area (Å²) >= 11 is 0. The van der Waals surface area contributed by atoms with Crippen LogP contribution in [0.5, 0.6) is 0 Å². The third-order valence-electron chi connectivity index (χ3n) is 3.64. The number of rotatable bonds is 3. The second-order valence-corrected chi connectivity index (χ2v) is 5.30. The number of anilines is 1. The lowest BCUT2D eigenvalue weighted by Gasteiger charge is -2.38. The van der Waals surface area contributed by atoms with E-state index in [1.165, 1.54) is 6.07 Å². The first-order valence-electron chi connectivity index (χ1n) is 6.12. The molecule has 1 saturated heterocycles. The van der Waals surface area contributed by atoms with Crippen LogP contribution in [0.15, 0.2) is 18.3 Å². The van der Waals surface area contributed by atoms with Crippen molar-refractivity contribution >= 4 is 5.82 Å². The summed E-state index contributed by atoms with van der Waals surface area (Å²) in [5, 5.41) is 3.13. The summed E-state index contributed by atoms with van der Waals surface area (Å²) in [5.41, 5.74) is 0.246. The monoisotopic (exact) mass is 237 g/mol. The molecule has 1 aliphatic rings.